The summed E-state index contributed by atoms with van der Waals surface area (Å²) >= 11 is 0. The predicted molar refractivity (Wildman–Crippen MR) is 97.3 cm³/mol. The number of sulfonamides is 1. The number of hydrogen-bond acceptors (Lipinski definition) is 4. The van der Waals surface area contributed by atoms with Crippen LogP contribution in [0.1, 0.15) is 30.9 Å². The number of aliphatic hydroxyl groups is 1. The third kappa shape index (κ3) is 5.28. The van der Waals surface area contributed by atoms with Crippen LogP contribution in [-0.4, -0.2) is 61.8 Å². The number of likely N-dealkylation sites (tertiary alicyclic amines) is 1. The molecule has 1 N–H and O–H groups in total. The summed E-state index contributed by atoms with van der Waals surface area (Å²) in [4.78, 5) is 2.14. The van der Waals surface area contributed by atoms with Gasteiger partial charge in [0.1, 0.15) is 0 Å². The van der Waals surface area contributed by atoms with Gasteiger partial charge in [0.25, 0.3) is 0 Å². The van der Waals surface area contributed by atoms with Crippen molar-refractivity contribution in [2.24, 2.45) is 5.92 Å². The number of benzene rings is 1. The van der Waals surface area contributed by atoms with Gasteiger partial charge in [0.15, 0.2) is 0 Å². The van der Waals surface area contributed by atoms with Crippen LogP contribution in [0.5, 0.6) is 0 Å². The van der Waals surface area contributed by atoms with E-state index >= 15 is 0 Å². The lowest BCUT2D eigenvalue weighted by Crippen LogP contribution is -2.33. The van der Waals surface area contributed by atoms with E-state index in [-0.39, 0.29) is 11.7 Å². The van der Waals surface area contributed by atoms with Crippen molar-refractivity contribution in [3.63, 3.8) is 0 Å². The van der Waals surface area contributed by atoms with E-state index in [1.807, 2.05) is 0 Å². The smallest absolute Gasteiger partial charge is 0.214 e. The number of aliphatic hydroxyl groups excluding tert-OH is 1. The molecule has 0 radical (unpaired) electrons. The second-order valence-electron chi connectivity index (χ2n) is 7.00. The van der Waals surface area contributed by atoms with E-state index in [4.69, 9.17) is 0 Å². The summed E-state index contributed by atoms with van der Waals surface area (Å²) in [6, 6.07) is 8.62. The van der Waals surface area contributed by atoms with Crippen LogP contribution in [0.15, 0.2) is 24.3 Å². The Morgan fingerprint density at radius 3 is 2.38 bits per heavy atom. The fourth-order valence-electron chi connectivity index (χ4n) is 3.10. The zero-order valence-corrected chi connectivity index (χ0v) is 15.8. The maximum absolute atomic E-state index is 12.0. The van der Waals surface area contributed by atoms with E-state index in [2.05, 4.69) is 36.1 Å². The Bertz CT molecular complexity index is 614. The molecule has 0 aliphatic carbocycles. The van der Waals surface area contributed by atoms with Gasteiger partial charge in [-0.25, -0.2) is 12.7 Å². The SMILES string of the molecule is CCCCc1ccc(CN2C[C@@H](CS(=O)(=O)N(C)C)[C@H](O)C2)cc1. The molecule has 1 aliphatic rings. The lowest BCUT2D eigenvalue weighted by molar-refractivity contribution is 0.148. The van der Waals surface area contributed by atoms with Gasteiger partial charge in [-0.3, -0.25) is 4.90 Å². The zero-order chi connectivity index (χ0) is 17.7. The van der Waals surface area contributed by atoms with E-state index in [9.17, 15) is 13.5 Å². The summed E-state index contributed by atoms with van der Waals surface area (Å²) in [6.07, 6.45) is 2.94. The molecule has 0 amide bonds. The van der Waals surface area contributed by atoms with Crippen LogP contribution in [0.25, 0.3) is 0 Å². The third-order valence-corrected chi connectivity index (χ3v) is 6.67. The molecule has 136 valence electrons. The standard InChI is InChI=1S/C18H30N2O3S/c1-4-5-6-15-7-9-16(10-8-15)11-20-12-17(18(21)13-20)14-24(22,23)19(2)3/h7-10,17-18,21H,4-6,11-14H2,1-3H3/t17-,18+/m0/s1. The average Bonchev–Trinajstić information content (AvgIpc) is 2.85. The lowest BCUT2D eigenvalue weighted by Gasteiger charge is -2.18. The zero-order valence-electron chi connectivity index (χ0n) is 15.0. The van der Waals surface area contributed by atoms with Gasteiger partial charge in [-0.15, -0.1) is 0 Å². The molecule has 24 heavy (non-hydrogen) atoms. The fraction of sp³-hybridized carbons (Fsp3) is 0.667. The molecule has 1 aromatic rings. The van der Waals surface area contributed by atoms with E-state index < -0.39 is 16.1 Å². The molecule has 1 aliphatic heterocycles. The second kappa shape index (κ2) is 8.43. The quantitative estimate of drug-likeness (QED) is 0.772. The molecule has 1 heterocycles. The van der Waals surface area contributed by atoms with Crippen LogP contribution in [-0.2, 0) is 23.0 Å². The molecule has 0 spiro atoms. The van der Waals surface area contributed by atoms with Gasteiger partial charge in [0.05, 0.1) is 11.9 Å². The highest BCUT2D eigenvalue weighted by molar-refractivity contribution is 7.89. The molecule has 2 rings (SSSR count). The number of hydrogen-bond donors (Lipinski definition) is 1. The summed E-state index contributed by atoms with van der Waals surface area (Å²) in [7, 11) is -0.206. The molecule has 1 aromatic carbocycles. The first-order chi connectivity index (χ1) is 11.3. The Morgan fingerprint density at radius 2 is 1.79 bits per heavy atom. The summed E-state index contributed by atoms with van der Waals surface area (Å²) in [6.45, 7) is 4.10. The van der Waals surface area contributed by atoms with Gasteiger partial charge in [-0.2, -0.15) is 0 Å². The van der Waals surface area contributed by atoms with Crippen molar-refractivity contribution in [2.45, 2.75) is 38.8 Å². The van der Waals surface area contributed by atoms with Gasteiger partial charge in [-0.05, 0) is 24.0 Å². The first-order valence-electron chi connectivity index (χ1n) is 8.70. The molecule has 1 fully saturated rings. The van der Waals surface area contributed by atoms with Gasteiger partial charge in [-0.1, -0.05) is 37.6 Å². The third-order valence-electron chi connectivity index (χ3n) is 4.71. The molecule has 2 atom stereocenters. The molecule has 0 saturated carbocycles. The van der Waals surface area contributed by atoms with E-state index in [0.717, 1.165) is 13.0 Å². The van der Waals surface area contributed by atoms with Gasteiger partial charge < -0.3 is 5.11 Å². The Kier molecular flexibility index (Phi) is 6.80. The first-order valence-corrected chi connectivity index (χ1v) is 10.3. The molecule has 5 nitrogen and oxygen atoms in total. The van der Waals surface area contributed by atoms with E-state index in [1.165, 1.54) is 42.4 Å². The van der Waals surface area contributed by atoms with Crippen LogP contribution in [0.2, 0.25) is 0 Å². The minimum Gasteiger partial charge on any atom is -0.391 e. The predicted octanol–water partition coefficient (Wildman–Crippen LogP) is 1.71. The van der Waals surface area contributed by atoms with Crippen molar-refractivity contribution < 1.29 is 13.5 Å². The molecular weight excluding hydrogens is 324 g/mol. The Labute approximate surface area is 146 Å². The van der Waals surface area contributed by atoms with Crippen molar-refractivity contribution in [1.82, 2.24) is 9.21 Å². The average molecular weight is 355 g/mol. The molecular formula is C18H30N2O3S. The van der Waals surface area contributed by atoms with Crippen LogP contribution < -0.4 is 0 Å². The van der Waals surface area contributed by atoms with E-state index in [1.54, 1.807) is 0 Å². The Hall–Kier alpha value is -0.950. The van der Waals surface area contributed by atoms with Crippen molar-refractivity contribution in [3.8, 4) is 0 Å². The topological polar surface area (TPSA) is 60.9 Å². The van der Waals surface area contributed by atoms with Crippen molar-refractivity contribution in [3.05, 3.63) is 35.4 Å². The molecule has 0 unspecified atom stereocenters. The lowest BCUT2D eigenvalue weighted by atomic mass is 10.1. The minimum absolute atomic E-state index is 0.00756. The van der Waals surface area contributed by atoms with Crippen LogP contribution in [0.4, 0.5) is 0 Å². The van der Waals surface area contributed by atoms with Gasteiger partial charge >= 0.3 is 0 Å². The molecule has 0 bridgehead atoms. The van der Waals surface area contributed by atoms with Crippen molar-refractivity contribution >= 4 is 10.0 Å². The number of β-amino-alcohol motifs (C(OH)–C–C–N with tert-alkyl or cyclic N) is 1. The Morgan fingerprint density at radius 1 is 1.17 bits per heavy atom. The summed E-state index contributed by atoms with van der Waals surface area (Å²) in [5, 5.41) is 10.2. The summed E-state index contributed by atoms with van der Waals surface area (Å²) in [5.74, 6) is -0.214. The highest BCUT2D eigenvalue weighted by atomic mass is 32.2. The number of unbranched alkanes of at least 4 members (excludes halogenated alkanes) is 1. The normalized spacial score (nSPS) is 22.4. The summed E-state index contributed by atoms with van der Waals surface area (Å²) < 4.78 is 25.3. The van der Waals surface area contributed by atoms with Crippen LogP contribution >= 0.6 is 0 Å². The second-order valence-corrected chi connectivity index (χ2v) is 9.23. The van der Waals surface area contributed by atoms with E-state index in [0.29, 0.717) is 13.1 Å². The molecule has 0 aromatic heterocycles. The fourth-order valence-corrected chi connectivity index (χ4v) is 4.27. The minimum atomic E-state index is -3.28. The molecule has 1 saturated heterocycles. The van der Waals surface area contributed by atoms with Crippen LogP contribution in [0, 0.1) is 5.92 Å². The van der Waals surface area contributed by atoms with Gasteiger partial charge in [0, 0.05) is 39.6 Å². The maximum Gasteiger partial charge on any atom is 0.214 e. The highest BCUT2D eigenvalue weighted by Gasteiger charge is 2.35. The number of nitrogens with zero attached hydrogens (tertiary/aromatic N) is 2. The van der Waals surface area contributed by atoms with Crippen molar-refractivity contribution in [1.29, 1.82) is 0 Å². The monoisotopic (exact) mass is 354 g/mol. The largest absolute Gasteiger partial charge is 0.391 e. The Balaban J connectivity index is 1.90. The highest BCUT2D eigenvalue weighted by Crippen LogP contribution is 2.22. The number of rotatable bonds is 8. The molecule has 6 heteroatoms. The van der Waals surface area contributed by atoms with Gasteiger partial charge in [0.2, 0.25) is 10.0 Å². The first kappa shape index (κ1) is 19.4. The summed E-state index contributed by atoms with van der Waals surface area (Å²) in [5.41, 5.74) is 2.57. The number of aryl methyl sites for hydroxylation is 1. The van der Waals surface area contributed by atoms with Crippen LogP contribution in [0.3, 0.4) is 0 Å². The maximum atomic E-state index is 12.0. The van der Waals surface area contributed by atoms with Crippen molar-refractivity contribution in [2.75, 3.05) is 32.9 Å².